The van der Waals surface area contributed by atoms with E-state index in [2.05, 4.69) is 39.2 Å². The summed E-state index contributed by atoms with van der Waals surface area (Å²) in [5.41, 5.74) is 3.95. The van der Waals surface area contributed by atoms with Crippen molar-refractivity contribution in [2.45, 2.75) is 18.5 Å². The fourth-order valence-corrected chi connectivity index (χ4v) is 3.53. The van der Waals surface area contributed by atoms with Crippen molar-refractivity contribution in [2.75, 3.05) is 5.75 Å². The number of rotatable bonds is 6. The molecule has 0 atom stereocenters. The van der Waals surface area contributed by atoms with Gasteiger partial charge in [-0.05, 0) is 18.1 Å². The Balaban J connectivity index is 1.45. The van der Waals surface area contributed by atoms with E-state index in [9.17, 15) is 4.79 Å². The molecular formula is C20H18N4OS. The van der Waals surface area contributed by atoms with E-state index in [1.165, 1.54) is 17.3 Å². The molecule has 2 N–H and O–H groups in total. The molecule has 4 aromatic rings. The van der Waals surface area contributed by atoms with Crippen molar-refractivity contribution in [1.82, 2.24) is 20.2 Å². The van der Waals surface area contributed by atoms with Gasteiger partial charge in [-0.25, -0.2) is 4.98 Å². The zero-order valence-corrected chi connectivity index (χ0v) is 15.1. The maximum atomic E-state index is 12.5. The van der Waals surface area contributed by atoms with Crippen LogP contribution < -0.4 is 0 Å². The Labute approximate surface area is 155 Å². The number of para-hydroxylation sites is 1. The number of hydrogen-bond donors (Lipinski definition) is 2. The second kappa shape index (κ2) is 7.17. The van der Waals surface area contributed by atoms with Crippen LogP contribution in [0.15, 0.2) is 59.9 Å². The topological polar surface area (TPSA) is 74.4 Å². The first kappa shape index (κ1) is 16.6. The third-order valence-electron chi connectivity index (χ3n) is 4.32. The summed E-state index contributed by atoms with van der Waals surface area (Å²) >= 11 is 1.34. The number of benzene rings is 2. The highest BCUT2D eigenvalue weighted by molar-refractivity contribution is 7.99. The summed E-state index contributed by atoms with van der Waals surface area (Å²) in [6.07, 6.45) is 2.78. The molecule has 6 heteroatoms. The third kappa shape index (κ3) is 3.28. The molecule has 0 radical (unpaired) electrons. The zero-order chi connectivity index (χ0) is 17.9. The average Bonchev–Trinajstić information content (AvgIpc) is 3.33. The van der Waals surface area contributed by atoms with Gasteiger partial charge in [0.1, 0.15) is 0 Å². The zero-order valence-electron chi connectivity index (χ0n) is 14.3. The minimum absolute atomic E-state index is 0.0612. The lowest BCUT2D eigenvalue weighted by atomic mass is 10.1. The summed E-state index contributed by atoms with van der Waals surface area (Å²) < 4.78 is 0. The molecule has 0 aliphatic heterocycles. The number of hydrogen-bond acceptors (Lipinski definition) is 4. The molecule has 0 saturated carbocycles. The number of carbonyl (C=O) groups excluding carboxylic acids is 1. The van der Waals surface area contributed by atoms with Crippen molar-refractivity contribution < 1.29 is 4.79 Å². The van der Waals surface area contributed by atoms with E-state index in [1.54, 1.807) is 6.20 Å². The molecule has 2 aromatic carbocycles. The molecule has 4 rings (SSSR count). The number of aromatic amines is 2. The highest BCUT2D eigenvalue weighted by atomic mass is 32.2. The monoisotopic (exact) mass is 362 g/mol. The highest BCUT2D eigenvalue weighted by Gasteiger charge is 2.14. The maximum absolute atomic E-state index is 12.5. The number of nitrogens with zero attached hydrogens (tertiary/aromatic N) is 2. The molecule has 130 valence electrons. The molecule has 0 aliphatic carbocycles. The first-order valence-corrected chi connectivity index (χ1v) is 9.47. The van der Waals surface area contributed by atoms with Gasteiger partial charge in [-0.3, -0.25) is 9.89 Å². The number of aryl methyl sites for hydroxylation is 1. The lowest BCUT2D eigenvalue weighted by Crippen LogP contribution is -2.01. The molecule has 0 unspecified atom stereocenters. The van der Waals surface area contributed by atoms with Crippen LogP contribution in [0.3, 0.4) is 0 Å². The Morgan fingerprint density at radius 2 is 1.92 bits per heavy atom. The van der Waals surface area contributed by atoms with Crippen LogP contribution in [0.1, 0.15) is 22.8 Å². The van der Waals surface area contributed by atoms with E-state index in [0.717, 1.165) is 28.7 Å². The van der Waals surface area contributed by atoms with E-state index in [1.807, 2.05) is 36.4 Å². The van der Waals surface area contributed by atoms with Gasteiger partial charge in [-0.2, -0.15) is 0 Å². The van der Waals surface area contributed by atoms with Gasteiger partial charge in [0, 0.05) is 28.2 Å². The molecule has 5 nitrogen and oxygen atoms in total. The SMILES string of the molecule is CCc1ccc(-c2nc(SCC(=O)c3c[nH]c4ccccc34)n[nH]2)cc1. The van der Waals surface area contributed by atoms with Gasteiger partial charge in [-0.1, -0.05) is 61.2 Å². The number of thioether (sulfide) groups is 1. The Morgan fingerprint density at radius 3 is 2.73 bits per heavy atom. The van der Waals surface area contributed by atoms with Crippen LogP contribution >= 0.6 is 11.8 Å². The third-order valence-corrected chi connectivity index (χ3v) is 5.17. The van der Waals surface area contributed by atoms with Gasteiger partial charge in [0.25, 0.3) is 0 Å². The molecule has 0 bridgehead atoms. The summed E-state index contributed by atoms with van der Waals surface area (Å²) in [7, 11) is 0. The van der Waals surface area contributed by atoms with Gasteiger partial charge >= 0.3 is 0 Å². The number of fused-ring (bicyclic) bond motifs is 1. The van der Waals surface area contributed by atoms with Gasteiger partial charge in [0.2, 0.25) is 5.16 Å². The molecule has 0 amide bonds. The second-order valence-electron chi connectivity index (χ2n) is 5.98. The fourth-order valence-electron chi connectivity index (χ4n) is 2.85. The van der Waals surface area contributed by atoms with Gasteiger partial charge in [0.05, 0.1) is 5.75 Å². The number of Topliss-reactive ketones (excluding diaryl/α,β-unsaturated/α-hetero) is 1. The summed E-state index contributed by atoms with van der Waals surface area (Å²) in [4.78, 5) is 20.2. The quantitative estimate of drug-likeness (QED) is 0.391. The number of H-pyrrole nitrogens is 2. The van der Waals surface area contributed by atoms with E-state index < -0.39 is 0 Å². The molecule has 0 saturated heterocycles. The van der Waals surface area contributed by atoms with Crippen molar-refractivity contribution in [3.05, 3.63) is 65.9 Å². The van der Waals surface area contributed by atoms with E-state index in [-0.39, 0.29) is 5.78 Å². The average molecular weight is 362 g/mol. The van der Waals surface area contributed by atoms with Crippen molar-refractivity contribution >= 4 is 28.4 Å². The van der Waals surface area contributed by atoms with Crippen LogP contribution in [-0.4, -0.2) is 31.7 Å². The minimum atomic E-state index is 0.0612. The van der Waals surface area contributed by atoms with Crippen LogP contribution in [0.25, 0.3) is 22.3 Å². The highest BCUT2D eigenvalue weighted by Crippen LogP contribution is 2.23. The van der Waals surface area contributed by atoms with Gasteiger partial charge < -0.3 is 4.98 Å². The van der Waals surface area contributed by atoms with Crippen LogP contribution in [0.2, 0.25) is 0 Å². The number of aromatic nitrogens is 4. The standard InChI is InChI=1S/C20H18N4OS/c1-2-13-7-9-14(10-8-13)19-22-20(24-23-19)26-12-18(25)16-11-21-17-6-4-3-5-15(16)17/h3-11,21H,2,12H2,1H3,(H,22,23,24). The lowest BCUT2D eigenvalue weighted by Gasteiger charge is -1.98. The van der Waals surface area contributed by atoms with E-state index in [4.69, 9.17) is 0 Å². The Kier molecular flexibility index (Phi) is 4.58. The normalized spacial score (nSPS) is 11.1. The van der Waals surface area contributed by atoms with E-state index >= 15 is 0 Å². The molecule has 2 aromatic heterocycles. The van der Waals surface area contributed by atoms with E-state index in [0.29, 0.717) is 16.5 Å². The molecule has 26 heavy (non-hydrogen) atoms. The first-order chi connectivity index (χ1) is 12.7. The number of carbonyl (C=O) groups is 1. The summed E-state index contributed by atoms with van der Waals surface area (Å²) in [5.74, 6) is 1.08. The maximum Gasteiger partial charge on any atom is 0.209 e. The molecular weight excluding hydrogens is 344 g/mol. The molecule has 2 heterocycles. The Hall–Kier alpha value is -2.86. The van der Waals surface area contributed by atoms with Crippen molar-refractivity contribution in [2.24, 2.45) is 0 Å². The summed E-state index contributed by atoms with van der Waals surface area (Å²) in [5, 5.41) is 8.69. The summed E-state index contributed by atoms with van der Waals surface area (Å²) in [6, 6.07) is 16.0. The second-order valence-corrected chi connectivity index (χ2v) is 6.92. The van der Waals surface area contributed by atoms with Crippen LogP contribution in [0.4, 0.5) is 0 Å². The molecule has 0 spiro atoms. The van der Waals surface area contributed by atoms with Crippen LogP contribution in [0.5, 0.6) is 0 Å². The van der Waals surface area contributed by atoms with Gasteiger partial charge in [0.15, 0.2) is 11.6 Å². The Morgan fingerprint density at radius 1 is 1.12 bits per heavy atom. The van der Waals surface area contributed by atoms with Crippen molar-refractivity contribution in [3.63, 3.8) is 0 Å². The predicted molar refractivity (Wildman–Crippen MR) is 105 cm³/mol. The Bertz CT molecular complexity index is 1050. The fraction of sp³-hybridized carbons (Fsp3) is 0.150. The number of nitrogens with one attached hydrogen (secondary N) is 2. The summed E-state index contributed by atoms with van der Waals surface area (Å²) in [6.45, 7) is 2.13. The number of ketones is 1. The van der Waals surface area contributed by atoms with Crippen LogP contribution in [-0.2, 0) is 6.42 Å². The smallest absolute Gasteiger partial charge is 0.209 e. The predicted octanol–water partition coefficient (Wildman–Crippen LogP) is 4.49. The molecule has 0 fully saturated rings. The van der Waals surface area contributed by atoms with Crippen LogP contribution in [0, 0.1) is 0 Å². The largest absolute Gasteiger partial charge is 0.360 e. The molecule has 0 aliphatic rings. The van der Waals surface area contributed by atoms with Gasteiger partial charge in [-0.15, -0.1) is 5.10 Å². The lowest BCUT2D eigenvalue weighted by molar-refractivity contribution is 0.102. The van der Waals surface area contributed by atoms with Crippen molar-refractivity contribution in [1.29, 1.82) is 0 Å². The minimum Gasteiger partial charge on any atom is -0.360 e. The first-order valence-electron chi connectivity index (χ1n) is 8.48. The van der Waals surface area contributed by atoms with Crippen molar-refractivity contribution in [3.8, 4) is 11.4 Å².